The minimum absolute atomic E-state index is 0.119. The van der Waals surface area contributed by atoms with Gasteiger partial charge in [0.05, 0.1) is 17.9 Å². The summed E-state index contributed by atoms with van der Waals surface area (Å²) in [4.78, 5) is 33.3. The number of anilines is 1. The Morgan fingerprint density at radius 1 is 1.50 bits per heavy atom. The number of carbonyl (C=O) groups is 2. The molecule has 0 unspecified atom stereocenters. The molecule has 0 aliphatic carbocycles. The fourth-order valence-electron chi connectivity index (χ4n) is 2.48. The SMILES string of the molecule is CCOC(=O)c1cnc(NC[C@@H]2CCN(C(C)=O)C2)nc1C. The third kappa shape index (κ3) is 3.93. The highest BCUT2D eigenvalue weighted by Crippen LogP contribution is 2.17. The minimum atomic E-state index is -0.403. The molecular weight excluding hydrogens is 284 g/mol. The maximum absolute atomic E-state index is 11.7. The average molecular weight is 306 g/mol. The van der Waals surface area contributed by atoms with E-state index >= 15 is 0 Å². The van der Waals surface area contributed by atoms with Crippen molar-refractivity contribution in [3.63, 3.8) is 0 Å². The molecule has 0 spiro atoms. The van der Waals surface area contributed by atoms with Gasteiger partial charge in [-0.15, -0.1) is 0 Å². The maximum Gasteiger partial charge on any atom is 0.341 e. The van der Waals surface area contributed by atoms with Crippen molar-refractivity contribution in [3.05, 3.63) is 17.5 Å². The molecule has 1 aliphatic heterocycles. The zero-order valence-electron chi connectivity index (χ0n) is 13.3. The van der Waals surface area contributed by atoms with Crippen LogP contribution < -0.4 is 5.32 Å². The van der Waals surface area contributed by atoms with Gasteiger partial charge in [0.15, 0.2) is 0 Å². The number of hydrogen-bond acceptors (Lipinski definition) is 6. The molecule has 7 heteroatoms. The third-order valence-electron chi connectivity index (χ3n) is 3.75. The van der Waals surface area contributed by atoms with Crippen LogP contribution in [0.2, 0.25) is 0 Å². The molecule has 0 bridgehead atoms. The highest BCUT2D eigenvalue weighted by atomic mass is 16.5. The molecule has 7 nitrogen and oxygen atoms in total. The molecule has 1 saturated heterocycles. The molecule has 1 aromatic rings. The highest BCUT2D eigenvalue weighted by molar-refractivity contribution is 5.90. The summed E-state index contributed by atoms with van der Waals surface area (Å²) >= 11 is 0. The van der Waals surface area contributed by atoms with E-state index in [9.17, 15) is 9.59 Å². The summed E-state index contributed by atoms with van der Waals surface area (Å²) in [5, 5.41) is 3.17. The minimum Gasteiger partial charge on any atom is -0.462 e. The Hall–Kier alpha value is -2.18. The Kier molecular flexibility index (Phi) is 5.30. The molecule has 1 N–H and O–H groups in total. The van der Waals surface area contributed by atoms with Crippen LogP contribution in [-0.2, 0) is 9.53 Å². The standard InChI is InChI=1S/C15H22N4O3/c1-4-22-14(21)13-8-17-15(18-10(13)2)16-7-12-5-6-19(9-12)11(3)20/h8,12H,4-7,9H2,1-3H3,(H,16,17,18)/t12-/m0/s1. The molecule has 22 heavy (non-hydrogen) atoms. The van der Waals surface area contributed by atoms with E-state index in [4.69, 9.17) is 4.74 Å². The third-order valence-corrected chi connectivity index (χ3v) is 3.75. The number of likely N-dealkylation sites (tertiary alicyclic amines) is 1. The number of esters is 1. The summed E-state index contributed by atoms with van der Waals surface area (Å²) in [5.41, 5.74) is 0.976. The number of nitrogens with zero attached hydrogens (tertiary/aromatic N) is 3. The van der Waals surface area contributed by atoms with Crippen molar-refractivity contribution in [1.29, 1.82) is 0 Å². The number of hydrogen-bond donors (Lipinski definition) is 1. The number of aromatic nitrogens is 2. The Balaban J connectivity index is 1.90. The van der Waals surface area contributed by atoms with Gasteiger partial charge in [0.2, 0.25) is 11.9 Å². The lowest BCUT2D eigenvalue weighted by Gasteiger charge is -2.14. The van der Waals surface area contributed by atoms with Gasteiger partial charge < -0.3 is 15.0 Å². The van der Waals surface area contributed by atoms with Crippen LogP contribution in [0.1, 0.15) is 36.3 Å². The summed E-state index contributed by atoms with van der Waals surface area (Å²) < 4.78 is 4.95. The quantitative estimate of drug-likeness (QED) is 0.824. The van der Waals surface area contributed by atoms with Gasteiger partial charge in [-0.2, -0.15) is 0 Å². The molecule has 1 amide bonds. The lowest BCUT2D eigenvalue weighted by molar-refractivity contribution is -0.127. The monoisotopic (exact) mass is 306 g/mol. The van der Waals surface area contributed by atoms with Gasteiger partial charge in [-0.25, -0.2) is 14.8 Å². The largest absolute Gasteiger partial charge is 0.462 e. The molecular formula is C15H22N4O3. The molecule has 120 valence electrons. The number of aryl methyl sites for hydroxylation is 1. The van der Waals surface area contributed by atoms with Gasteiger partial charge in [-0.05, 0) is 26.2 Å². The summed E-state index contributed by atoms with van der Waals surface area (Å²) in [6, 6.07) is 0. The normalized spacial score (nSPS) is 17.4. The van der Waals surface area contributed by atoms with E-state index in [0.29, 0.717) is 36.3 Å². The van der Waals surface area contributed by atoms with E-state index in [1.54, 1.807) is 20.8 Å². The second-order valence-electron chi connectivity index (χ2n) is 5.41. The summed E-state index contributed by atoms with van der Waals surface area (Å²) in [5.74, 6) is 0.609. The fourth-order valence-corrected chi connectivity index (χ4v) is 2.48. The molecule has 1 aliphatic rings. The number of ether oxygens (including phenoxy) is 1. The first-order valence-corrected chi connectivity index (χ1v) is 7.51. The van der Waals surface area contributed by atoms with Gasteiger partial charge in [0, 0.05) is 32.8 Å². The van der Waals surface area contributed by atoms with Gasteiger partial charge in [0.25, 0.3) is 0 Å². The van der Waals surface area contributed by atoms with Gasteiger partial charge in [0.1, 0.15) is 0 Å². The molecule has 1 fully saturated rings. The Morgan fingerprint density at radius 3 is 2.86 bits per heavy atom. The van der Waals surface area contributed by atoms with Crippen LogP contribution in [0.4, 0.5) is 5.95 Å². The first kappa shape index (κ1) is 16.2. The highest BCUT2D eigenvalue weighted by Gasteiger charge is 2.24. The van der Waals surface area contributed by atoms with E-state index in [-0.39, 0.29) is 5.91 Å². The zero-order valence-corrected chi connectivity index (χ0v) is 13.3. The van der Waals surface area contributed by atoms with Crippen LogP contribution in [0.3, 0.4) is 0 Å². The molecule has 0 radical (unpaired) electrons. The molecule has 1 atom stereocenters. The van der Waals surface area contributed by atoms with Crippen LogP contribution in [0.15, 0.2) is 6.20 Å². The van der Waals surface area contributed by atoms with Crippen molar-refractivity contribution in [3.8, 4) is 0 Å². The lowest BCUT2D eigenvalue weighted by Crippen LogP contribution is -2.27. The Labute approximate surface area is 130 Å². The van der Waals surface area contributed by atoms with Crippen molar-refractivity contribution in [2.75, 3.05) is 31.6 Å². The van der Waals surface area contributed by atoms with E-state index < -0.39 is 5.97 Å². The maximum atomic E-state index is 11.7. The average Bonchev–Trinajstić information content (AvgIpc) is 2.94. The molecule has 2 rings (SSSR count). The first-order chi connectivity index (χ1) is 10.5. The summed E-state index contributed by atoms with van der Waals surface area (Å²) in [7, 11) is 0. The molecule has 0 saturated carbocycles. The van der Waals surface area contributed by atoms with E-state index in [0.717, 1.165) is 19.5 Å². The van der Waals surface area contributed by atoms with Crippen molar-refractivity contribution in [2.24, 2.45) is 5.92 Å². The smallest absolute Gasteiger partial charge is 0.341 e. The van der Waals surface area contributed by atoms with Gasteiger partial charge >= 0.3 is 5.97 Å². The van der Waals surface area contributed by atoms with E-state index in [1.807, 2.05) is 4.90 Å². The van der Waals surface area contributed by atoms with Crippen LogP contribution in [-0.4, -0.2) is 53.0 Å². The van der Waals surface area contributed by atoms with Gasteiger partial charge in [-0.1, -0.05) is 0 Å². The summed E-state index contributed by atoms with van der Waals surface area (Å²) in [6.07, 6.45) is 2.46. The first-order valence-electron chi connectivity index (χ1n) is 7.51. The van der Waals surface area contributed by atoms with Crippen LogP contribution in [0.25, 0.3) is 0 Å². The number of amides is 1. The van der Waals surface area contributed by atoms with Crippen molar-refractivity contribution in [2.45, 2.75) is 27.2 Å². The van der Waals surface area contributed by atoms with Crippen molar-refractivity contribution >= 4 is 17.8 Å². The van der Waals surface area contributed by atoms with Crippen molar-refractivity contribution < 1.29 is 14.3 Å². The van der Waals surface area contributed by atoms with E-state index in [1.165, 1.54) is 6.20 Å². The zero-order chi connectivity index (χ0) is 16.1. The van der Waals surface area contributed by atoms with Crippen LogP contribution in [0, 0.1) is 12.8 Å². The molecule has 0 aromatic carbocycles. The number of carbonyl (C=O) groups excluding carboxylic acids is 2. The second-order valence-corrected chi connectivity index (χ2v) is 5.41. The Morgan fingerprint density at radius 2 is 2.27 bits per heavy atom. The number of nitrogens with one attached hydrogen (secondary N) is 1. The lowest BCUT2D eigenvalue weighted by atomic mass is 10.1. The predicted molar refractivity (Wildman–Crippen MR) is 81.6 cm³/mol. The van der Waals surface area contributed by atoms with Crippen LogP contribution >= 0.6 is 0 Å². The molecule has 1 aromatic heterocycles. The topological polar surface area (TPSA) is 84.4 Å². The second kappa shape index (κ2) is 7.20. The summed E-state index contributed by atoms with van der Waals surface area (Å²) in [6.45, 7) is 7.72. The van der Waals surface area contributed by atoms with Crippen LogP contribution in [0.5, 0.6) is 0 Å². The van der Waals surface area contributed by atoms with Gasteiger partial charge in [-0.3, -0.25) is 4.79 Å². The van der Waals surface area contributed by atoms with E-state index in [2.05, 4.69) is 15.3 Å². The number of rotatable bonds is 5. The molecule has 2 heterocycles. The van der Waals surface area contributed by atoms with Crippen molar-refractivity contribution in [1.82, 2.24) is 14.9 Å². The Bertz CT molecular complexity index is 562. The fraction of sp³-hybridized carbons (Fsp3) is 0.600. The predicted octanol–water partition coefficient (Wildman–Crippen LogP) is 1.24.